The first-order valence-corrected chi connectivity index (χ1v) is 8.56. The number of carbonyl (C=O) groups is 1. The summed E-state index contributed by atoms with van der Waals surface area (Å²) in [6.45, 7) is 8.18. The molecule has 1 amide bonds. The minimum absolute atomic E-state index is 0.218. The molecule has 1 saturated heterocycles. The molecule has 124 valence electrons. The van der Waals surface area contributed by atoms with Crippen LogP contribution in [0.25, 0.3) is 0 Å². The van der Waals surface area contributed by atoms with E-state index in [0.717, 1.165) is 38.2 Å². The van der Waals surface area contributed by atoms with Gasteiger partial charge in [-0.05, 0) is 33.6 Å². The van der Waals surface area contributed by atoms with Crippen LogP contribution >= 0.6 is 23.1 Å². The maximum absolute atomic E-state index is 12.1. The van der Waals surface area contributed by atoms with Gasteiger partial charge in [-0.3, -0.25) is 4.90 Å². The molecule has 1 fully saturated rings. The number of carbonyl (C=O) groups excluding carboxylic acids is 1. The fraction of sp³-hybridized carbons (Fsp3) is 0.786. The zero-order valence-electron chi connectivity index (χ0n) is 13.5. The molecule has 1 aliphatic heterocycles. The normalized spacial score (nSPS) is 17.5. The highest BCUT2D eigenvalue weighted by Crippen LogP contribution is 2.23. The summed E-state index contributed by atoms with van der Waals surface area (Å²) in [6.07, 6.45) is 1.59. The van der Waals surface area contributed by atoms with E-state index in [0.29, 0.717) is 4.34 Å². The molecule has 0 bridgehead atoms. The van der Waals surface area contributed by atoms with Crippen molar-refractivity contribution >= 4 is 29.2 Å². The van der Waals surface area contributed by atoms with Gasteiger partial charge in [0, 0.05) is 44.3 Å². The highest BCUT2D eigenvalue weighted by molar-refractivity contribution is 7.10. The highest BCUT2D eigenvalue weighted by atomic mass is 35.5. The first-order valence-electron chi connectivity index (χ1n) is 7.41. The van der Waals surface area contributed by atoms with Crippen LogP contribution in [0.15, 0.2) is 0 Å². The number of amides is 1. The number of hydrogen-bond acceptors (Lipinski definition) is 6. The van der Waals surface area contributed by atoms with E-state index in [1.807, 2.05) is 27.8 Å². The van der Waals surface area contributed by atoms with Gasteiger partial charge in [-0.2, -0.15) is 0 Å². The largest absolute Gasteiger partial charge is 0.444 e. The quantitative estimate of drug-likeness (QED) is 0.842. The molecule has 2 rings (SSSR count). The molecule has 0 saturated carbocycles. The van der Waals surface area contributed by atoms with E-state index >= 15 is 0 Å². The van der Waals surface area contributed by atoms with Crippen LogP contribution < -0.4 is 0 Å². The molecule has 0 spiro atoms. The van der Waals surface area contributed by atoms with E-state index < -0.39 is 5.60 Å². The van der Waals surface area contributed by atoms with Crippen molar-refractivity contribution in [2.24, 2.45) is 0 Å². The molecule has 1 aromatic rings. The maximum Gasteiger partial charge on any atom is 0.410 e. The molecular formula is C14H23ClN4O2S. The van der Waals surface area contributed by atoms with Crippen molar-refractivity contribution in [2.75, 3.05) is 20.1 Å². The number of ether oxygens (including phenoxy) is 1. The van der Waals surface area contributed by atoms with Crippen LogP contribution in [0.1, 0.15) is 39.3 Å². The van der Waals surface area contributed by atoms with Gasteiger partial charge in [-0.15, -0.1) is 5.10 Å². The number of piperidine rings is 1. The molecule has 0 aliphatic carbocycles. The number of nitrogens with zero attached hydrogens (tertiary/aromatic N) is 4. The maximum atomic E-state index is 12.1. The lowest BCUT2D eigenvalue weighted by Crippen LogP contribution is -2.46. The molecule has 8 heteroatoms. The lowest BCUT2D eigenvalue weighted by Gasteiger charge is -2.37. The Bertz CT molecular complexity index is 509. The Morgan fingerprint density at radius 3 is 2.59 bits per heavy atom. The van der Waals surface area contributed by atoms with Crippen molar-refractivity contribution in [1.29, 1.82) is 0 Å². The number of rotatable bonds is 3. The van der Waals surface area contributed by atoms with Crippen LogP contribution in [-0.2, 0) is 11.3 Å². The Labute approximate surface area is 140 Å². The average Bonchev–Trinajstić information content (AvgIpc) is 2.82. The Balaban J connectivity index is 1.81. The number of aromatic nitrogens is 2. The minimum Gasteiger partial charge on any atom is -0.444 e. The molecule has 0 atom stereocenters. The second-order valence-corrected chi connectivity index (χ2v) is 7.95. The van der Waals surface area contributed by atoms with Crippen LogP contribution in [-0.4, -0.2) is 57.3 Å². The second-order valence-electron chi connectivity index (χ2n) is 6.59. The summed E-state index contributed by atoms with van der Waals surface area (Å²) in [7, 11) is 1.82. The van der Waals surface area contributed by atoms with E-state index in [9.17, 15) is 4.79 Å². The molecule has 2 heterocycles. The first-order chi connectivity index (χ1) is 10.3. The average molecular weight is 347 g/mol. The molecular weight excluding hydrogens is 324 g/mol. The number of hydrogen-bond donors (Lipinski definition) is 0. The Hall–Kier alpha value is -0.920. The summed E-state index contributed by atoms with van der Waals surface area (Å²) < 4.78 is 9.93. The van der Waals surface area contributed by atoms with E-state index in [-0.39, 0.29) is 12.1 Å². The summed E-state index contributed by atoms with van der Waals surface area (Å²) >= 11 is 7.25. The van der Waals surface area contributed by atoms with Crippen LogP contribution in [0.4, 0.5) is 4.79 Å². The summed E-state index contributed by atoms with van der Waals surface area (Å²) in [4.78, 5) is 16.1. The summed E-state index contributed by atoms with van der Waals surface area (Å²) in [6, 6.07) is 0.218. The van der Waals surface area contributed by atoms with Crippen molar-refractivity contribution < 1.29 is 9.53 Å². The van der Waals surface area contributed by atoms with Gasteiger partial charge >= 0.3 is 6.09 Å². The SMILES string of the molecule is CN(C(=O)OC(C)(C)C)C1CCN(Cc2nnsc2Cl)CC1. The van der Waals surface area contributed by atoms with Crippen molar-refractivity contribution in [2.45, 2.75) is 51.8 Å². The van der Waals surface area contributed by atoms with E-state index in [1.165, 1.54) is 11.5 Å². The van der Waals surface area contributed by atoms with Crippen molar-refractivity contribution in [3.63, 3.8) is 0 Å². The second kappa shape index (κ2) is 7.10. The third-order valence-electron chi connectivity index (χ3n) is 3.67. The number of halogens is 1. The molecule has 6 nitrogen and oxygen atoms in total. The van der Waals surface area contributed by atoms with E-state index in [4.69, 9.17) is 16.3 Å². The van der Waals surface area contributed by atoms with Crippen LogP contribution in [0, 0.1) is 0 Å². The van der Waals surface area contributed by atoms with Gasteiger partial charge < -0.3 is 9.64 Å². The molecule has 0 aromatic carbocycles. The van der Waals surface area contributed by atoms with Crippen molar-refractivity contribution in [3.8, 4) is 0 Å². The van der Waals surface area contributed by atoms with Gasteiger partial charge in [0.2, 0.25) is 0 Å². The lowest BCUT2D eigenvalue weighted by molar-refractivity contribution is 0.0148. The van der Waals surface area contributed by atoms with E-state index in [2.05, 4.69) is 14.5 Å². The molecule has 0 N–H and O–H groups in total. The monoisotopic (exact) mass is 346 g/mol. The predicted molar refractivity (Wildman–Crippen MR) is 87.2 cm³/mol. The van der Waals surface area contributed by atoms with Gasteiger partial charge in [-0.1, -0.05) is 16.1 Å². The smallest absolute Gasteiger partial charge is 0.410 e. The van der Waals surface area contributed by atoms with Gasteiger partial charge in [-0.25, -0.2) is 4.79 Å². The van der Waals surface area contributed by atoms with Crippen molar-refractivity contribution in [3.05, 3.63) is 10.0 Å². The fourth-order valence-electron chi connectivity index (χ4n) is 2.45. The lowest BCUT2D eigenvalue weighted by atomic mass is 10.0. The Morgan fingerprint density at radius 2 is 2.09 bits per heavy atom. The number of likely N-dealkylation sites (tertiary alicyclic amines) is 1. The Kier molecular flexibility index (Phi) is 5.63. The third-order valence-corrected chi connectivity index (χ3v) is 4.65. The minimum atomic E-state index is -0.458. The van der Waals surface area contributed by atoms with Crippen LogP contribution in [0.3, 0.4) is 0 Å². The highest BCUT2D eigenvalue weighted by Gasteiger charge is 2.28. The predicted octanol–water partition coefficient (Wildman–Crippen LogP) is 3.02. The first kappa shape index (κ1) is 17.4. The molecule has 1 aliphatic rings. The summed E-state index contributed by atoms with van der Waals surface area (Å²) in [5.74, 6) is 0. The molecule has 0 unspecified atom stereocenters. The molecule has 22 heavy (non-hydrogen) atoms. The van der Waals surface area contributed by atoms with Crippen LogP contribution in [0.5, 0.6) is 0 Å². The fourth-order valence-corrected chi connectivity index (χ4v) is 3.06. The van der Waals surface area contributed by atoms with Crippen molar-refractivity contribution in [1.82, 2.24) is 19.4 Å². The third kappa shape index (κ3) is 4.79. The molecule has 1 aromatic heterocycles. The van der Waals surface area contributed by atoms with Gasteiger partial charge in [0.05, 0.1) is 0 Å². The van der Waals surface area contributed by atoms with Gasteiger partial charge in [0.1, 0.15) is 15.6 Å². The summed E-state index contributed by atoms with van der Waals surface area (Å²) in [5, 5.41) is 4.04. The van der Waals surface area contributed by atoms with Gasteiger partial charge in [0.25, 0.3) is 0 Å². The standard InChI is InChI=1S/C14H23ClN4O2S/c1-14(2,3)21-13(20)18(4)10-5-7-19(8-6-10)9-11-12(15)22-17-16-11/h10H,5-9H2,1-4H3. The van der Waals surface area contributed by atoms with Gasteiger partial charge in [0.15, 0.2) is 0 Å². The summed E-state index contributed by atoms with van der Waals surface area (Å²) in [5.41, 5.74) is 0.381. The van der Waals surface area contributed by atoms with Crippen LogP contribution in [0.2, 0.25) is 4.34 Å². The zero-order chi connectivity index (χ0) is 16.3. The zero-order valence-corrected chi connectivity index (χ0v) is 15.1. The Morgan fingerprint density at radius 1 is 1.45 bits per heavy atom. The van der Waals surface area contributed by atoms with E-state index in [1.54, 1.807) is 4.90 Å². The topological polar surface area (TPSA) is 58.6 Å². The molecule has 0 radical (unpaired) electrons.